The first-order chi connectivity index (χ1) is 15.2. The van der Waals surface area contributed by atoms with Crippen LogP contribution in [0.3, 0.4) is 0 Å². The lowest BCUT2D eigenvalue weighted by Crippen LogP contribution is -2.34. The zero-order valence-electron chi connectivity index (χ0n) is 17.5. The van der Waals surface area contributed by atoms with Crippen LogP contribution in [-0.4, -0.2) is 31.8 Å². The van der Waals surface area contributed by atoms with Crippen molar-refractivity contribution in [3.63, 3.8) is 0 Å². The number of nitrogens with one attached hydrogen (secondary N) is 2. The number of carbonyl (C=O) groups is 2. The fourth-order valence-electron chi connectivity index (χ4n) is 2.96. The van der Waals surface area contributed by atoms with Gasteiger partial charge >= 0.3 is 11.8 Å². The Balaban J connectivity index is 1.74. The molecular weight excluding hydrogens is 416 g/mol. The van der Waals surface area contributed by atoms with Crippen molar-refractivity contribution in [3.05, 3.63) is 86.3 Å². The number of para-hydroxylation sites is 1. The Morgan fingerprint density at radius 3 is 2.25 bits per heavy atom. The second kappa shape index (κ2) is 9.08. The Bertz CT molecular complexity index is 1270. The van der Waals surface area contributed by atoms with Gasteiger partial charge < -0.3 is 5.32 Å². The maximum absolute atomic E-state index is 12.8. The molecule has 164 valence electrons. The summed E-state index contributed by atoms with van der Waals surface area (Å²) in [5.41, 5.74) is 3.47. The number of nitrogens with zero attached hydrogens (tertiary/aromatic N) is 4. The van der Waals surface area contributed by atoms with E-state index in [0.717, 1.165) is 0 Å². The van der Waals surface area contributed by atoms with E-state index in [1.807, 2.05) is 6.07 Å². The molecule has 2 amide bonds. The van der Waals surface area contributed by atoms with Crippen molar-refractivity contribution in [2.24, 2.45) is 12.1 Å². The van der Waals surface area contributed by atoms with Gasteiger partial charge in [-0.05, 0) is 43.7 Å². The monoisotopic (exact) mass is 436 g/mol. The Labute approximate surface area is 182 Å². The number of rotatable bonds is 5. The molecule has 0 unspecified atom stereocenters. The van der Waals surface area contributed by atoms with Crippen LogP contribution in [0.5, 0.6) is 0 Å². The normalized spacial score (nSPS) is 11.2. The molecule has 0 bridgehead atoms. The summed E-state index contributed by atoms with van der Waals surface area (Å²) in [5, 5.41) is 16.9. The number of nitro benzene ring substituents is 1. The number of benzene rings is 2. The van der Waals surface area contributed by atoms with Gasteiger partial charge in [0.25, 0.3) is 11.2 Å². The second-order valence-electron chi connectivity index (χ2n) is 6.83. The molecule has 0 aliphatic heterocycles. The number of hydrazone groups is 1. The fourth-order valence-corrected chi connectivity index (χ4v) is 2.96. The minimum Gasteiger partial charge on any atom is -0.311 e. The molecule has 0 spiro atoms. The van der Waals surface area contributed by atoms with Gasteiger partial charge in [-0.15, -0.1) is 0 Å². The summed E-state index contributed by atoms with van der Waals surface area (Å²) in [4.78, 5) is 47.5. The zero-order chi connectivity index (χ0) is 23.4. The average Bonchev–Trinajstić information content (AvgIpc) is 3.00. The van der Waals surface area contributed by atoms with E-state index >= 15 is 0 Å². The smallest absolute Gasteiger partial charge is 0.311 e. The molecule has 0 fully saturated rings. The lowest BCUT2D eigenvalue weighted by Gasteiger charge is -2.07. The van der Waals surface area contributed by atoms with Gasteiger partial charge in [0.15, 0.2) is 0 Å². The van der Waals surface area contributed by atoms with Crippen molar-refractivity contribution in [1.82, 2.24) is 14.8 Å². The molecule has 11 heteroatoms. The number of hydrogen-bond donors (Lipinski definition) is 2. The topological polar surface area (TPSA) is 141 Å². The minimum absolute atomic E-state index is 0.0208. The molecule has 1 heterocycles. The molecule has 0 radical (unpaired) electrons. The number of hydrogen-bond acceptors (Lipinski definition) is 6. The molecule has 0 aliphatic rings. The maximum atomic E-state index is 12.8. The Kier molecular flexibility index (Phi) is 6.29. The van der Waals surface area contributed by atoms with Gasteiger partial charge in [0.1, 0.15) is 5.69 Å². The Morgan fingerprint density at radius 2 is 1.66 bits per heavy atom. The van der Waals surface area contributed by atoms with Crippen LogP contribution in [0.1, 0.15) is 18.2 Å². The van der Waals surface area contributed by atoms with Crippen molar-refractivity contribution in [2.45, 2.75) is 13.8 Å². The molecule has 2 N–H and O–H groups in total. The highest BCUT2D eigenvalue weighted by Gasteiger charge is 2.21. The highest BCUT2D eigenvalue weighted by atomic mass is 16.6. The molecule has 1 aromatic heterocycles. The predicted octanol–water partition coefficient (Wildman–Crippen LogP) is 1.87. The van der Waals surface area contributed by atoms with E-state index in [1.54, 1.807) is 49.8 Å². The van der Waals surface area contributed by atoms with Crippen LogP contribution in [0.15, 0.2) is 64.5 Å². The Morgan fingerprint density at radius 1 is 1.03 bits per heavy atom. The molecule has 2 aromatic carbocycles. The first-order valence-corrected chi connectivity index (χ1v) is 9.45. The molecule has 3 rings (SSSR count). The summed E-state index contributed by atoms with van der Waals surface area (Å²) < 4.78 is 2.95. The maximum Gasteiger partial charge on any atom is 0.329 e. The van der Waals surface area contributed by atoms with E-state index in [9.17, 15) is 24.5 Å². The number of carbonyl (C=O) groups excluding carboxylic acids is 2. The van der Waals surface area contributed by atoms with Gasteiger partial charge in [-0.3, -0.25) is 29.2 Å². The molecule has 0 aliphatic carbocycles. The molecule has 0 saturated carbocycles. The first-order valence-electron chi connectivity index (χ1n) is 9.45. The Hall–Kier alpha value is -4.54. The third-order valence-electron chi connectivity index (χ3n) is 4.82. The molecule has 0 saturated heterocycles. The van der Waals surface area contributed by atoms with Crippen molar-refractivity contribution in [3.8, 4) is 5.69 Å². The lowest BCUT2D eigenvalue weighted by molar-refractivity contribution is -0.384. The predicted molar refractivity (Wildman–Crippen MR) is 118 cm³/mol. The quantitative estimate of drug-likeness (QED) is 0.272. The average molecular weight is 436 g/mol. The highest BCUT2D eigenvalue weighted by Crippen LogP contribution is 2.14. The van der Waals surface area contributed by atoms with Crippen LogP contribution in [-0.2, 0) is 16.6 Å². The van der Waals surface area contributed by atoms with Crippen LogP contribution in [0.2, 0.25) is 0 Å². The van der Waals surface area contributed by atoms with Gasteiger partial charge in [0.05, 0.1) is 22.0 Å². The molecule has 3 aromatic rings. The summed E-state index contributed by atoms with van der Waals surface area (Å²) in [6.45, 7) is 3.21. The number of anilines is 1. The van der Waals surface area contributed by atoms with Crippen LogP contribution >= 0.6 is 0 Å². The van der Waals surface area contributed by atoms with Crippen LogP contribution in [0, 0.1) is 17.0 Å². The van der Waals surface area contributed by atoms with Gasteiger partial charge in [-0.1, -0.05) is 18.2 Å². The molecule has 0 atom stereocenters. The van der Waals surface area contributed by atoms with Crippen molar-refractivity contribution in [1.29, 1.82) is 0 Å². The second-order valence-corrected chi connectivity index (χ2v) is 6.83. The van der Waals surface area contributed by atoms with Crippen molar-refractivity contribution in [2.75, 3.05) is 5.32 Å². The van der Waals surface area contributed by atoms with E-state index in [-0.39, 0.29) is 11.4 Å². The summed E-state index contributed by atoms with van der Waals surface area (Å²) in [7, 11) is 1.66. The molecule has 11 nitrogen and oxygen atoms in total. The van der Waals surface area contributed by atoms with E-state index < -0.39 is 22.3 Å². The number of nitro groups is 1. The van der Waals surface area contributed by atoms with Gasteiger partial charge in [0.2, 0.25) is 0 Å². The van der Waals surface area contributed by atoms with Crippen LogP contribution in [0.4, 0.5) is 11.4 Å². The number of amides is 2. The van der Waals surface area contributed by atoms with Crippen molar-refractivity contribution < 1.29 is 14.5 Å². The SMILES string of the molecule is C/C(=N\NC(=O)C(=O)Nc1c(C)n(C)n(-c2ccccc2)c1=O)c1ccc([N+](=O)[O-])cc1. The first kappa shape index (κ1) is 22.2. The van der Waals surface area contributed by atoms with E-state index in [1.165, 1.54) is 28.9 Å². The summed E-state index contributed by atoms with van der Waals surface area (Å²) >= 11 is 0. The van der Waals surface area contributed by atoms with E-state index in [4.69, 9.17) is 0 Å². The fraction of sp³-hybridized carbons (Fsp3) is 0.143. The third-order valence-corrected chi connectivity index (χ3v) is 4.82. The summed E-state index contributed by atoms with van der Waals surface area (Å²) in [5.74, 6) is -2.13. The minimum atomic E-state index is -1.07. The summed E-state index contributed by atoms with van der Waals surface area (Å²) in [6.07, 6.45) is 0. The number of aromatic nitrogens is 2. The summed E-state index contributed by atoms with van der Waals surface area (Å²) in [6, 6.07) is 14.4. The van der Waals surface area contributed by atoms with Gasteiger partial charge in [0, 0.05) is 19.2 Å². The van der Waals surface area contributed by atoms with Gasteiger partial charge in [-0.25, -0.2) is 10.1 Å². The standard InChI is InChI=1S/C21H20N6O5/c1-13(15-9-11-17(12-10-15)27(31)32)23-24-20(29)19(28)22-18-14(2)25(3)26(21(18)30)16-7-5-4-6-8-16/h4-12H,1-3H3,(H,22,28)(H,24,29)/b23-13+. The van der Waals surface area contributed by atoms with E-state index in [0.29, 0.717) is 22.7 Å². The van der Waals surface area contributed by atoms with Gasteiger partial charge in [-0.2, -0.15) is 5.10 Å². The largest absolute Gasteiger partial charge is 0.329 e. The third kappa shape index (κ3) is 4.46. The zero-order valence-corrected chi connectivity index (χ0v) is 17.5. The number of non-ortho nitro benzene ring substituents is 1. The van der Waals surface area contributed by atoms with Crippen LogP contribution < -0.4 is 16.3 Å². The lowest BCUT2D eigenvalue weighted by atomic mass is 10.1. The molecule has 32 heavy (non-hydrogen) atoms. The van der Waals surface area contributed by atoms with Crippen molar-refractivity contribution >= 4 is 28.9 Å². The van der Waals surface area contributed by atoms with E-state index in [2.05, 4.69) is 15.8 Å². The van der Waals surface area contributed by atoms with Crippen LogP contribution in [0.25, 0.3) is 5.69 Å². The molecular formula is C21H20N6O5. The highest BCUT2D eigenvalue weighted by molar-refractivity contribution is 6.39.